The zero-order valence-electron chi connectivity index (χ0n) is 10.1. The standard InChI is InChI=1S/C12H15BO5/c1-17-12(14)9-4-10(13(15)16)6-11(5-9)18-7-8-2-3-8/h4-6,8,15-16H,2-3,7H2,1H3. The van der Waals surface area contributed by atoms with Crippen molar-refractivity contribution in [2.24, 2.45) is 5.92 Å². The molecule has 5 nitrogen and oxygen atoms in total. The van der Waals surface area contributed by atoms with Gasteiger partial charge < -0.3 is 19.5 Å². The topological polar surface area (TPSA) is 76.0 Å². The van der Waals surface area contributed by atoms with E-state index in [9.17, 15) is 4.79 Å². The molecular formula is C12H15BO5. The highest BCUT2D eigenvalue weighted by Gasteiger charge is 2.23. The van der Waals surface area contributed by atoms with Crippen LogP contribution in [0.4, 0.5) is 0 Å². The molecule has 6 heteroatoms. The lowest BCUT2D eigenvalue weighted by Gasteiger charge is -2.09. The first kappa shape index (κ1) is 12.9. The minimum absolute atomic E-state index is 0.212. The monoisotopic (exact) mass is 250 g/mol. The van der Waals surface area contributed by atoms with Crippen molar-refractivity contribution in [3.05, 3.63) is 23.8 Å². The summed E-state index contributed by atoms with van der Waals surface area (Å²) >= 11 is 0. The Morgan fingerprint density at radius 3 is 2.67 bits per heavy atom. The number of methoxy groups -OCH3 is 1. The SMILES string of the molecule is COC(=O)c1cc(OCC2CC2)cc(B(O)O)c1. The van der Waals surface area contributed by atoms with Crippen molar-refractivity contribution in [1.82, 2.24) is 0 Å². The van der Waals surface area contributed by atoms with Crippen molar-refractivity contribution in [2.75, 3.05) is 13.7 Å². The Morgan fingerprint density at radius 1 is 1.39 bits per heavy atom. The molecule has 0 radical (unpaired) electrons. The highest BCUT2D eigenvalue weighted by atomic mass is 16.5. The molecule has 96 valence electrons. The molecule has 1 aliphatic rings. The maximum absolute atomic E-state index is 11.4. The van der Waals surface area contributed by atoms with Crippen molar-refractivity contribution < 1.29 is 24.3 Å². The lowest BCUT2D eigenvalue weighted by Crippen LogP contribution is -2.30. The van der Waals surface area contributed by atoms with Crippen molar-refractivity contribution in [2.45, 2.75) is 12.8 Å². The summed E-state index contributed by atoms with van der Waals surface area (Å²) in [5, 5.41) is 18.3. The molecule has 0 bridgehead atoms. The van der Waals surface area contributed by atoms with Crippen LogP contribution >= 0.6 is 0 Å². The van der Waals surface area contributed by atoms with Gasteiger partial charge in [0, 0.05) is 0 Å². The van der Waals surface area contributed by atoms with Gasteiger partial charge in [0.25, 0.3) is 0 Å². The van der Waals surface area contributed by atoms with E-state index in [1.807, 2.05) is 0 Å². The molecule has 0 aromatic heterocycles. The second kappa shape index (κ2) is 5.41. The fourth-order valence-corrected chi connectivity index (χ4v) is 1.59. The fraction of sp³-hybridized carbons (Fsp3) is 0.417. The van der Waals surface area contributed by atoms with E-state index in [0.717, 1.165) is 12.8 Å². The molecule has 1 saturated carbocycles. The first-order valence-corrected chi connectivity index (χ1v) is 5.82. The van der Waals surface area contributed by atoms with E-state index in [4.69, 9.17) is 14.8 Å². The summed E-state index contributed by atoms with van der Waals surface area (Å²) in [5.74, 6) is 0.496. The number of carbonyl (C=O) groups is 1. The Kier molecular flexibility index (Phi) is 3.89. The van der Waals surface area contributed by atoms with Gasteiger partial charge in [-0.3, -0.25) is 0 Å². The molecule has 0 saturated heterocycles. The van der Waals surface area contributed by atoms with Crippen LogP contribution in [0.2, 0.25) is 0 Å². The molecule has 1 fully saturated rings. The van der Waals surface area contributed by atoms with Crippen LogP contribution in [-0.4, -0.2) is 36.9 Å². The van der Waals surface area contributed by atoms with Crippen LogP contribution in [0.5, 0.6) is 5.75 Å². The molecule has 1 aliphatic carbocycles. The lowest BCUT2D eigenvalue weighted by molar-refractivity contribution is 0.0600. The number of esters is 1. The third-order valence-electron chi connectivity index (χ3n) is 2.83. The van der Waals surface area contributed by atoms with E-state index < -0.39 is 13.1 Å². The Bertz CT molecular complexity index is 442. The van der Waals surface area contributed by atoms with Crippen molar-refractivity contribution in [3.8, 4) is 5.75 Å². The van der Waals surface area contributed by atoms with Crippen LogP contribution < -0.4 is 10.2 Å². The number of hydrogen-bond donors (Lipinski definition) is 2. The van der Waals surface area contributed by atoms with Gasteiger partial charge in [-0.2, -0.15) is 0 Å². The van der Waals surface area contributed by atoms with Gasteiger partial charge in [0.1, 0.15) is 5.75 Å². The highest BCUT2D eigenvalue weighted by molar-refractivity contribution is 6.58. The zero-order chi connectivity index (χ0) is 13.1. The summed E-state index contributed by atoms with van der Waals surface area (Å²) < 4.78 is 10.1. The lowest BCUT2D eigenvalue weighted by atomic mass is 9.79. The number of hydrogen-bond acceptors (Lipinski definition) is 5. The summed E-state index contributed by atoms with van der Waals surface area (Å²) in [7, 11) is -0.368. The Morgan fingerprint density at radius 2 is 2.11 bits per heavy atom. The minimum Gasteiger partial charge on any atom is -0.493 e. The molecule has 0 atom stereocenters. The molecular weight excluding hydrogens is 235 g/mol. The van der Waals surface area contributed by atoms with E-state index >= 15 is 0 Å². The van der Waals surface area contributed by atoms with E-state index in [1.165, 1.54) is 19.2 Å². The summed E-state index contributed by atoms with van der Waals surface area (Å²) in [6.07, 6.45) is 2.32. The van der Waals surface area contributed by atoms with E-state index in [1.54, 1.807) is 6.07 Å². The van der Waals surface area contributed by atoms with Gasteiger partial charge >= 0.3 is 13.1 Å². The molecule has 2 rings (SSSR count). The van der Waals surface area contributed by atoms with Gasteiger partial charge in [-0.05, 0) is 42.4 Å². The maximum atomic E-state index is 11.4. The highest BCUT2D eigenvalue weighted by Crippen LogP contribution is 2.29. The smallest absolute Gasteiger partial charge is 0.488 e. The van der Waals surface area contributed by atoms with Gasteiger partial charge in [-0.15, -0.1) is 0 Å². The predicted molar refractivity (Wildman–Crippen MR) is 65.8 cm³/mol. The molecule has 2 N–H and O–H groups in total. The number of rotatable bonds is 5. The molecule has 0 amide bonds. The average Bonchev–Trinajstić information content (AvgIpc) is 3.19. The zero-order valence-corrected chi connectivity index (χ0v) is 10.1. The number of carbonyl (C=O) groups excluding carboxylic acids is 1. The third-order valence-corrected chi connectivity index (χ3v) is 2.83. The normalized spacial score (nSPS) is 14.2. The summed E-state index contributed by atoms with van der Waals surface area (Å²) in [6.45, 7) is 0.589. The second-order valence-corrected chi connectivity index (χ2v) is 4.41. The first-order valence-electron chi connectivity index (χ1n) is 5.82. The van der Waals surface area contributed by atoms with Gasteiger partial charge in [0.2, 0.25) is 0 Å². The Balaban J connectivity index is 2.20. The van der Waals surface area contributed by atoms with Gasteiger partial charge in [0.15, 0.2) is 0 Å². The molecule has 0 unspecified atom stereocenters. The molecule has 0 spiro atoms. The predicted octanol–water partition coefficient (Wildman–Crippen LogP) is -0.0582. The summed E-state index contributed by atoms with van der Waals surface area (Å²) in [5.41, 5.74) is 0.456. The molecule has 0 heterocycles. The third kappa shape index (κ3) is 3.24. The van der Waals surface area contributed by atoms with E-state index in [0.29, 0.717) is 18.3 Å². The minimum atomic E-state index is -1.64. The van der Waals surface area contributed by atoms with Gasteiger partial charge in [-0.25, -0.2) is 4.79 Å². The molecule has 1 aromatic rings. The summed E-state index contributed by atoms with van der Waals surface area (Å²) in [6, 6.07) is 4.43. The second-order valence-electron chi connectivity index (χ2n) is 4.41. The van der Waals surface area contributed by atoms with Gasteiger partial charge in [0.05, 0.1) is 19.3 Å². The van der Waals surface area contributed by atoms with Crippen LogP contribution in [0.15, 0.2) is 18.2 Å². The van der Waals surface area contributed by atoms with Gasteiger partial charge in [-0.1, -0.05) is 0 Å². The number of ether oxygens (including phenoxy) is 2. The largest absolute Gasteiger partial charge is 0.493 e. The maximum Gasteiger partial charge on any atom is 0.488 e. The van der Waals surface area contributed by atoms with Crippen LogP contribution in [-0.2, 0) is 4.74 Å². The van der Waals surface area contributed by atoms with Crippen molar-refractivity contribution in [1.29, 1.82) is 0 Å². The Labute approximate surface area is 105 Å². The van der Waals surface area contributed by atoms with E-state index in [2.05, 4.69) is 4.74 Å². The average molecular weight is 250 g/mol. The van der Waals surface area contributed by atoms with Crippen LogP contribution in [0.1, 0.15) is 23.2 Å². The molecule has 1 aromatic carbocycles. The van der Waals surface area contributed by atoms with Crippen molar-refractivity contribution >= 4 is 18.6 Å². The van der Waals surface area contributed by atoms with Crippen molar-refractivity contribution in [3.63, 3.8) is 0 Å². The van der Waals surface area contributed by atoms with Crippen LogP contribution in [0.25, 0.3) is 0 Å². The van der Waals surface area contributed by atoms with E-state index in [-0.39, 0.29) is 11.0 Å². The molecule has 18 heavy (non-hydrogen) atoms. The van der Waals surface area contributed by atoms with Crippen LogP contribution in [0, 0.1) is 5.92 Å². The quantitative estimate of drug-likeness (QED) is 0.565. The van der Waals surface area contributed by atoms with Crippen LogP contribution in [0.3, 0.4) is 0 Å². The summed E-state index contributed by atoms with van der Waals surface area (Å²) in [4.78, 5) is 11.4. The molecule has 0 aliphatic heterocycles. The Hall–Kier alpha value is -1.53. The first-order chi connectivity index (χ1) is 8.60. The number of benzene rings is 1. The fourth-order valence-electron chi connectivity index (χ4n) is 1.59.